The first kappa shape index (κ1) is 26.0. The van der Waals surface area contributed by atoms with Gasteiger partial charge in [-0.3, -0.25) is 0 Å². The third kappa shape index (κ3) is 16.3. The monoisotopic (exact) mass is 418 g/mol. The van der Waals surface area contributed by atoms with E-state index < -0.39 is 31.3 Å². The van der Waals surface area contributed by atoms with Gasteiger partial charge in [0.25, 0.3) is 0 Å². The van der Waals surface area contributed by atoms with Crippen molar-refractivity contribution >= 4 is 31.3 Å². The zero-order chi connectivity index (χ0) is 14.1. The molecule has 114 valence electrons. The fourth-order valence-electron chi connectivity index (χ4n) is 0.436. The minimum absolute atomic E-state index is 0. The molecular formula is H7FeNaO13P4. The predicted octanol–water partition coefficient (Wildman–Crippen LogP) is -3.46. The van der Waals surface area contributed by atoms with Crippen LogP contribution in [-0.2, 0) is 48.3 Å². The number of hydrogen-bond acceptors (Lipinski definition) is 7. The summed E-state index contributed by atoms with van der Waals surface area (Å²) >= 11 is 0. The van der Waals surface area contributed by atoms with Crippen LogP contribution >= 0.6 is 31.3 Å². The van der Waals surface area contributed by atoms with Gasteiger partial charge >= 0.3 is 60.8 Å². The van der Waals surface area contributed by atoms with E-state index in [9.17, 15) is 18.3 Å². The van der Waals surface area contributed by atoms with E-state index in [1.165, 1.54) is 0 Å². The van der Waals surface area contributed by atoms with Crippen LogP contribution in [-0.4, -0.2) is 29.4 Å². The van der Waals surface area contributed by atoms with Crippen LogP contribution in [0.5, 0.6) is 0 Å². The molecule has 0 radical (unpaired) electrons. The van der Waals surface area contributed by atoms with Crippen LogP contribution in [0.15, 0.2) is 0 Å². The van der Waals surface area contributed by atoms with E-state index in [1.54, 1.807) is 0 Å². The second-order valence-corrected chi connectivity index (χ2v) is 7.96. The molecule has 0 aliphatic carbocycles. The second kappa shape index (κ2) is 8.64. The second-order valence-electron chi connectivity index (χ2n) is 2.16. The molecule has 0 aromatic heterocycles. The normalized spacial score (nSPS) is 13.4. The molecular weight excluding hydrogens is 411 g/mol. The van der Waals surface area contributed by atoms with Crippen molar-refractivity contribution in [2.24, 2.45) is 0 Å². The Balaban J connectivity index is -0.000000427. The predicted molar refractivity (Wildman–Crippen MR) is 48.1 cm³/mol. The van der Waals surface area contributed by atoms with Gasteiger partial charge in [0.1, 0.15) is 0 Å². The first-order valence-corrected chi connectivity index (χ1v) is 9.08. The SMILES string of the molecule is O=P(O)(O)OP(=O)(OP(=O)(O)O)OP(=O)(O)O.[Fe].[H-].[Na+]. The Hall–Kier alpha value is 2.08. The van der Waals surface area contributed by atoms with Crippen LogP contribution < -0.4 is 29.6 Å². The van der Waals surface area contributed by atoms with Crippen molar-refractivity contribution in [1.82, 2.24) is 0 Å². The minimum atomic E-state index is -5.87. The van der Waals surface area contributed by atoms with E-state index in [0.717, 1.165) is 0 Å². The summed E-state index contributed by atoms with van der Waals surface area (Å²) in [7, 11) is -22.9. The Morgan fingerprint density at radius 2 is 0.789 bits per heavy atom. The number of rotatable bonds is 6. The largest absolute Gasteiger partial charge is 1.00 e. The molecule has 0 spiro atoms. The summed E-state index contributed by atoms with van der Waals surface area (Å²) in [6.07, 6.45) is 0. The minimum Gasteiger partial charge on any atom is -1.00 e. The molecule has 0 atom stereocenters. The van der Waals surface area contributed by atoms with Gasteiger partial charge in [-0.25, -0.2) is 18.3 Å². The maximum Gasteiger partial charge on any atom is 1.00 e. The van der Waals surface area contributed by atoms with Gasteiger partial charge in [-0.05, 0) is 0 Å². The molecule has 19 heteroatoms. The van der Waals surface area contributed by atoms with Gasteiger partial charge in [-0.2, -0.15) is 12.9 Å². The van der Waals surface area contributed by atoms with Gasteiger partial charge in [0.05, 0.1) is 0 Å². The van der Waals surface area contributed by atoms with E-state index in [1.807, 2.05) is 0 Å². The van der Waals surface area contributed by atoms with Crippen LogP contribution in [0.2, 0.25) is 0 Å². The summed E-state index contributed by atoms with van der Waals surface area (Å²) in [6.45, 7) is 0. The van der Waals surface area contributed by atoms with Crippen LogP contribution in [0.25, 0.3) is 0 Å². The summed E-state index contributed by atoms with van der Waals surface area (Å²) in [5, 5.41) is 0. The van der Waals surface area contributed by atoms with Gasteiger partial charge in [0.2, 0.25) is 0 Å². The van der Waals surface area contributed by atoms with Crippen molar-refractivity contribution in [2.45, 2.75) is 0 Å². The molecule has 0 amide bonds. The standard InChI is InChI=1S/Fe.Na.H6O13P4.H/c;;1-14(2,3)11-17(10,12-15(4,5)6)13-16(7,8)9;/h;;(H2,1,2,3)(H2,4,5,6)(H2,7,8,9);/q;+1;;-1. The third-order valence-electron chi connectivity index (χ3n) is 0.619. The smallest absolute Gasteiger partial charge is 1.00 e. The quantitative estimate of drug-likeness (QED) is 0.183. The van der Waals surface area contributed by atoms with Crippen LogP contribution in [0.3, 0.4) is 0 Å². The van der Waals surface area contributed by atoms with Crippen molar-refractivity contribution in [3.63, 3.8) is 0 Å². The van der Waals surface area contributed by atoms with Gasteiger partial charge in [0.15, 0.2) is 0 Å². The summed E-state index contributed by atoms with van der Waals surface area (Å²) in [4.78, 5) is 49.2. The molecule has 13 nitrogen and oxygen atoms in total. The number of phosphoric acid groups is 4. The molecule has 0 heterocycles. The molecule has 19 heavy (non-hydrogen) atoms. The van der Waals surface area contributed by atoms with Crippen LogP contribution in [0, 0.1) is 0 Å². The first-order chi connectivity index (χ1) is 7.12. The molecule has 0 saturated carbocycles. The van der Waals surface area contributed by atoms with E-state index in [-0.39, 0.29) is 48.1 Å². The van der Waals surface area contributed by atoms with Gasteiger partial charge < -0.3 is 30.8 Å². The number of hydrogen-bond donors (Lipinski definition) is 6. The average Bonchev–Trinajstić information content (AvgIpc) is 1.65. The Labute approximate surface area is 139 Å². The summed E-state index contributed by atoms with van der Waals surface area (Å²) in [6, 6.07) is 0. The molecule has 0 rings (SSSR count). The van der Waals surface area contributed by atoms with E-state index in [0.29, 0.717) is 0 Å². The Morgan fingerprint density at radius 3 is 0.895 bits per heavy atom. The van der Waals surface area contributed by atoms with Crippen LogP contribution in [0.1, 0.15) is 1.43 Å². The van der Waals surface area contributed by atoms with Crippen molar-refractivity contribution < 1.29 is 109 Å². The zero-order valence-corrected chi connectivity index (χ0v) is 15.4. The van der Waals surface area contributed by atoms with Crippen molar-refractivity contribution in [1.29, 1.82) is 0 Å². The van der Waals surface area contributed by atoms with Gasteiger partial charge in [-0.15, -0.1) is 0 Å². The van der Waals surface area contributed by atoms with Crippen molar-refractivity contribution in [3.05, 3.63) is 0 Å². The molecule has 0 bridgehead atoms. The first-order valence-electron chi connectivity index (χ1n) is 3.03. The third-order valence-corrected chi connectivity index (χ3v) is 5.57. The van der Waals surface area contributed by atoms with Gasteiger partial charge in [0, 0.05) is 17.1 Å². The van der Waals surface area contributed by atoms with E-state index in [4.69, 9.17) is 29.4 Å². The Kier molecular flexibility index (Phi) is 11.8. The molecule has 0 aliphatic rings. The molecule has 0 aliphatic heterocycles. The van der Waals surface area contributed by atoms with Crippen LogP contribution in [0.4, 0.5) is 0 Å². The molecule has 0 aromatic rings. The molecule has 0 aromatic carbocycles. The average molecular weight is 418 g/mol. The fraction of sp³-hybridized carbons (Fsp3) is 0. The van der Waals surface area contributed by atoms with Crippen molar-refractivity contribution in [3.8, 4) is 0 Å². The Bertz CT molecular complexity index is 388. The van der Waals surface area contributed by atoms with Gasteiger partial charge in [-0.1, -0.05) is 0 Å². The maximum atomic E-state index is 11.1. The summed E-state index contributed by atoms with van der Waals surface area (Å²) < 4.78 is 51.4. The molecule has 0 fully saturated rings. The summed E-state index contributed by atoms with van der Waals surface area (Å²) in [5.74, 6) is 0. The van der Waals surface area contributed by atoms with Crippen molar-refractivity contribution in [2.75, 3.05) is 0 Å². The fourth-order valence-corrected chi connectivity index (χ4v) is 4.72. The maximum absolute atomic E-state index is 11.1. The molecule has 0 saturated heterocycles. The zero-order valence-electron chi connectivity index (χ0n) is 9.68. The summed E-state index contributed by atoms with van der Waals surface area (Å²) in [5.41, 5.74) is 0. The van der Waals surface area contributed by atoms with E-state index >= 15 is 0 Å². The van der Waals surface area contributed by atoms with E-state index in [2.05, 4.69) is 12.9 Å². The topological polar surface area (TPSA) is 217 Å². The molecule has 6 N–H and O–H groups in total. The molecule has 0 unspecified atom stereocenters. The Morgan fingerprint density at radius 1 is 0.632 bits per heavy atom.